The lowest BCUT2D eigenvalue weighted by Crippen LogP contribution is -2.32. The Morgan fingerprint density at radius 1 is 1.79 bits per heavy atom. The minimum Gasteiger partial charge on any atom is -0.477 e. The number of carbonyl (C=O) groups is 1. The largest absolute Gasteiger partial charge is 0.477 e. The van der Waals surface area contributed by atoms with Gasteiger partial charge in [-0.15, -0.1) is 0 Å². The lowest BCUT2D eigenvalue weighted by Gasteiger charge is -2.26. The van der Waals surface area contributed by atoms with Gasteiger partial charge in [0.05, 0.1) is 19.4 Å². The van der Waals surface area contributed by atoms with E-state index in [9.17, 15) is 4.79 Å². The average molecular weight is 196 g/mol. The molecular formula is C9H12N2O3. The Labute approximate surface area is 81.3 Å². The SMILES string of the molecule is Cc1cnn(CC2COC2)c1C(=O)O. The second kappa shape index (κ2) is 3.42. The number of hydrogen-bond donors (Lipinski definition) is 1. The molecule has 1 aromatic rings. The highest BCUT2D eigenvalue weighted by Crippen LogP contribution is 2.15. The van der Waals surface area contributed by atoms with Crippen LogP contribution in [0, 0.1) is 12.8 Å². The van der Waals surface area contributed by atoms with Crippen molar-refractivity contribution in [3.05, 3.63) is 17.5 Å². The van der Waals surface area contributed by atoms with Crippen LogP contribution in [0.15, 0.2) is 6.20 Å². The van der Waals surface area contributed by atoms with E-state index in [2.05, 4.69) is 5.10 Å². The van der Waals surface area contributed by atoms with Gasteiger partial charge in [0.25, 0.3) is 0 Å². The maximum Gasteiger partial charge on any atom is 0.354 e. The van der Waals surface area contributed by atoms with Crippen molar-refractivity contribution < 1.29 is 14.6 Å². The Morgan fingerprint density at radius 2 is 2.50 bits per heavy atom. The minimum atomic E-state index is -0.916. The molecule has 0 atom stereocenters. The molecule has 0 bridgehead atoms. The Kier molecular flexibility index (Phi) is 2.25. The summed E-state index contributed by atoms with van der Waals surface area (Å²) >= 11 is 0. The van der Waals surface area contributed by atoms with E-state index in [1.807, 2.05) is 0 Å². The molecule has 5 nitrogen and oxygen atoms in total. The number of nitrogens with zero attached hydrogens (tertiary/aromatic N) is 2. The molecule has 1 fully saturated rings. The van der Waals surface area contributed by atoms with Crippen molar-refractivity contribution in [1.29, 1.82) is 0 Å². The van der Waals surface area contributed by atoms with E-state index in [0.29, 0.717) is 31.2 Å². The highest BCUT2D eigenvalue weighted by atomic mass is 16.5. The van der Waals surface area contributed by atoms with E-state index >= 15 is 0 Å². The predicted molar refractivity (Wildman–Crippen MR) is 48.2 cm³/mol. The van der Waals surface area contributed by atoms with Crippen molar-refractivity contribution in [2.24, 2.45) is 5.92 Å². The van der Waals surface area contributed by atoms with Crippen LogP contribution in [0.5, 0.6) is 0 Å². The normalized spacial score (nSPS) is 16.6. The Morgan fingerprint density at radius 3 is 3.00 bits per heavy atom. The molecule has 0 saturated carbocycles. The number of carboxylic acid groups (broad SMARTS) is 1. The minimum absolute atomic E-state index is 0.289. The van der Waals surface area contributed by atoms with Crippen LogP contribution in [-0.2, 0) is 11.3 Å². The first-order chi connectivity index (χ1) is 6.68. The Bertz CT molecular complexity index is 355. The van der Waals surface area contributed by atoms with Crippen LogP contribution in [0.1, 0.15) is 16.1 Å². The molecule has 1 aliphatic heterocycles. The number of aromatic carboxylic acids is 1. The molecule has 2 heterocycles. The van der Waals surface area contributed by atoms with Gasteiger partial charge in [0.15, 0.2) is 0 Å². The molecule has 2 rings (SSSR count). The van der Waals surface area contributed by atoms with Crippen molar-refractivity contribution in [2.45, 2.75) is 13.5 Å². The van der Waals surface area contributed by atoms with Crippen LogP contribution in [0.4, 0.5) is 0 Å². The summed E-state index contributed by atoms with van der Waals surface area (Å²) in [5.74, 6) is -0.507. The van der Waals surface area contributed by atoms with E-state index in [0.717, 1.165) is 0 Å². The van der Waals surface area contributed by atoms with Crippen LogP contribution in [0.25, 0.3) is 0 Å². The fraction of sp³-hybridized carbons (Fsp3) is 0.556. The van der Waals surface area contributed by atoms with E-state index in [-0.39, 0.29) is 5.69 Å². The Hall–Kier alpha value is -1.36. The molecule has 0 amide bonds. The smallest absolute Gasteiger partial charge is 0.354 e. The number of hydrogen-bond acceptors (Lipinski definition) is 3. The topological polar surface area (TPSA) is 64.4 Å². The highest BCUT2D eigenvalue weighted by molar-refractivity contribution is 5.87. The average Bonchev–Trinajstić information content (AvgIpc) is 2.39. The molecule has 0 spiro atoms. The highest BCUT2D eigenvalue weighted by Gasteiger charge is 2.22. The lowest BCUT2D eigenvalue weighted by molar-refractivity contribution is -0.0412. The van der Waals surface area contributed by atoms with Gasteiger partial charge in [-0.2, -0.15) is 5.10 Å². The third kappa shape index (κ3) is 1.50. The predicted octanol–water partition coefficient (Wildman–Crippen LogP) is 0.536. The van der Waals surface area contributed by atoms with E-state index in [1.54, 1.807) is 17.8 Å². The first-order valence-corrected chi connectivity index (χ1v) is 4.52. The molecule has 0 radical (unpaired) electrons. The second-order valence-corrected chi connectivity index (χ2v) is 3.57. The van der Waals surface area contributed by atoms with Crippen LogP contribution in [0.3, 0.4) is 0 Å². The van der Waals surface area contributed by atoms with Crippen molar-refractivity contribution in [2.75, 3.05) is 13.2 Å². The summed E-state index contributed by atoms with van der Waals surface area (Å²) in [6.07, 6.45) is 1.59. The molecule has 1 aromatic heterocycles. The van der Waals surface area contributed by atoms with Crippen molar-refractivity contribution in [1.82, 2.24) is 9.78 Å². The summed E-state index contributed by atoms with van der Waals surface area (Å²) in [5, 5.41) is 13.0. The lowest BCUT2D eigenvalue weighted by atomic mass is 10.1. The quantitative estimate of drug-likeness (QED) is 0.766. The zero-order valence-corrected chi connectivity index (χ0v) is 7.93. The van der Waals surface area contributed by atoms with Crippen LogP contribution in [-0.4, -0.2) is 34.1 Å². The molecule has 14 heavy (non-hydrogen) atoms. The van der Waals surface area contributed by atoms with Gasteiger partial charge in [-0.3, -0.25) is 4.68 Å². The Balaban J connectivity index is 2.19. The summed E-state index contributed by atoms with van der Waals surface area (Å²) in [6, 6.07) is 0. The molecule has 5 heteroatoms. The fourth-order valence-corrected chi connectivity index (χ4v) is 1.53. The third-order valence-electron chi connectivity index (χ3n) is 2.36. The van der Waals surface area contributed by atoms with E-state index in [1.165, 1.54) is 0 Å². The van der Waals surface area contributed by atoms with Gasteiger partial charge in [-0.05, 0) is 6.92 Å². The summed E-state index contributed by atoms with van der Waals surface area (Å²) in [6.45, 7) is 3.80. The fourth-order valence-electron chi connectivity index (χ4n) is 1.53. The number of rotatable bonds is 3. The van der Waals surface area contributed by atoms with Gasteiger partial charge in [-0.1, -0.05) is 0 Å². The summed E-state index contributed by atoms with van der Waals surface area (Å²) < 4.78 is 6.57. The van der Waals surface area contributed by atoms with Gasteiger partial charge in [-0.25, -0.2) is 4.79 Å². The van der Waals surface area contributed by atoms with Crippen LogP contribution in [0.2, 0.25) is 0 Å². The van der Waals surface area contributed by atoms with Crippen LogP contribution >= 0.6 is 0 Å². The maximum absolute atomic E-state index is 10.9. The molecule has 1 aliphatic rings. The van der Waals surface area contributed by atoms with Crippen molar-refractivity contribution in [3.8, 4) is 0 Å². The third-order valence-corrected chi connectivity index (χ3v) is 2.36. The second-order valence-electron chi connectivity index (χ2n) is 3.57. The molecule has 0 aliphatic carbocycles. The van der Waals surface area contributed by atoms with Crippen molar-refractivity contribution >= 4 is 5.97 Å². The van der Waals surface area contributed by atoms with E-state index < -0.39 is 5.97 Å². The zero-order valence-electron chi connectivity index (χ0n) is 7.93. The molecule has 1 N–H and O–H groups in total. The number of aryl methyl sites for hydroxylation is 1. The maximum atomic E-state index is 10.9. The van der Waals surface area contributed by atoms with Gasteiger partial charge in [0.2, 0.25) is 0 Å². The monoisotopic (exact) mass is 196 g/mol. The molecular weight excluding hydrogens is 184 g/mol. The van der Waals surface area contributed by atoms with Gasteiger partial charge < -0.3 is 9.84 Å². The molecule has 76 valence electrons. The number of ether oxygens (including phenoxy) is 1. The first-order valence-electron chi connectivity index (χ1n) is 4.52. The standard InChI is InChI=1S/C9H12N2O3/c1-6-2-10-11(8(6)9(12)13)3-7-4-14-5-7/h2,7H,3-5H2,1H3,(H,12,13). The zero-order chi connectivity index (χ0) is 10.1. The number of carboxylic acids is 1. The van der Waals surface area contributed by atoms with Crippen LogP contribution < -0.4 is 0 Å². The first kappa shape index (κ1) is 9.21. The molecule has 0 unspecified atom stereocenters. The van der Waals surface area contributed by atoms with Gasteiger partial charge >= 0.3 is 5.97 Å². The molecule has 1 saturated heterocycles. The van der Waals surface area contributed by atoms with Crippen molar-refractivity contribution in [3.63, 3.8) is 0 Å². The summed E-state index contributed by atoms with van der Waals surface area (Å²) in [4.78, 5) is 10.9. The van der Waals surface area contributed by atoms with Gasteiger partial charge in [0, 0.05) is 18.0 Å². The van der Waals surface area contributed by atoms with Gasteiger partial charge in [0.1, 0.15) is 5.69 Å². The number of aromatic nitrogens is 2. The summed E-state index contributed by atoms with van der Waals surface area (Å²) in [7, 11) is 0. The molecule has 0 aromatic carbocycles. The summed E-state index contributed by atoms with van der Waals surface area (Å²) in [5.41, 5.74) is 0.995. The van der Waals surface area contributed by atoms with E-state index in [4.69, 9.17) is 9.84 Å².